The van der Waals surface area contributed by atoms with Crippen LogP contribution in [0, 0.1) is 5.92 Å². The van der Waals surface area contributed by atoms with Crippen molar-refractivity contribution >= 4 is 0 Å². The normalized spacial score (nSPS) is 24.4. The molecule has 0 atom stereocenters. The molecule has 0 aliphatic heterocycles. The van der Waals surface area contributed by atoms with Gasteiger partial charge in [0, 0.05) is 12.6 Å². The van der Waals surface area contributed by atoms with E-state index in [2.05, 4.69) is 31.0 Å². The van der Waals surface area contributed by atoms with E-state index in [1.807, 2.05) is 12.1 Å². The van der Waals surface area contributed by atoms with Crippen LogP contribution in [0.5, 0.6) is 0 Å². The van der Waals surface area contributed by atoms with Crippen LogP contribution in [0.1, 0.15) is 43.7 Å². The topological polar surface area (TPSA) is 23.5 Å². The molecule has 0 heterocycles. The van der Waals surface area contributed by atoms with Crippen LogP contribution < -0.4 is 0 Å². The fourth-order valence-electron chi connectivity index (χ4n) is 2.85. The zero-order valence-electron chi connectivity index (χ0n) is 11.6. The first-order chi connectivity index (χ1) is 8.69. The maximum atomic E-state index is 9.03. The summed E-state index contributed by atoms with van der Waals surface area (Å²) in [5, 5.41) is 9.03. The maximum absolute atomic E-state index is 9.03. The lowest BCUT2D eigenvalue weighted by Gasteiger charge is -2.33. The van der Waals surface area contributed by atoms with Crippen LogP contribution in [0.3, 0.4) is 0 Å². The van der Waals surface area contributed by atoms with Crippen molar-refractivity contribution in [2.45, 2.75) is 51.8 Å². The molecule has 1 aliphatic rings. The number of hydrogen-bond acceptors (Lipinski definition) is 2. The minimum atomic E-state index is 0.136. The summed E-state index contributed by atoms with van der Waals surface area (Å²) < 4.78 is 0. The Balaban J connectivity index is 1.87. The zero-order valence-corrected chi connectivity index (χ0v) is 11.6. The third-order valence-electron chi connectivity index (χ3n) is 4.25. The van der Waals surface area contributed by atoms with E-state index in [-0.39, 0.29) is 6.61 Å². The van der Waals surface area contributed by atoms with Gasteiger partial charge in [0.05, 0.1) is 6.61 Å². The Labute approximate surface area is 111 Å². The molecule has 1 N–H and O–H groups in total. The van der Waals surface area contributed by atoms with Crippen LogP contribution in [-0.4, -0.2) is 23.1 Å². The number of nitrogens with zero attached hydrogens (tertiary/aromatic N) is 1. The molecule has 1 aliphatic carbocycles. The quantitative estimate of drug-likeness (QED) is 0.883. The predicted octanol–water partition coefficient (Wildman–Crippen LogP) is 3.19. The molecule has 0 saturated heterocycles. The van der Waals surface area contributed by atoms with E-state index >= 15 is 0 Å². The summed E-state index contributed by atoms with van der Waals surface area (Å²) in [5.74, 6) is 0.915. The first-order valence-electron chi connectivity index (χ1n) is 7.08. The molecule has 1 aromatic rings. The molecule has 1 fully saturated rings. The van der Waals surface area contributed by atoms with Crippen molar-refractivity contribution in [3.05, 3.63) is 35.4 Å². The fraction of sp³-hybridized carbons (Fsp3) is 0.625. The average molecular weight is 247 g/mol. The summed E-state index contributed by atoms with van der Waals surface area (Å²) >= 11 is 0. The standard InChI is InChI=1S/C16H25NO/c1-13-3-9-16(10-4-13)17(2)11-14-5-7-15(12-18)8-6-14/h5-8,13,16,18H,3-4,9-12H2,1-2H3. The van der Waals surface area contributed by atoms with E-state index in [1.165, 1.54) is 31.2 Å². The number of aliphatic hydroxyl groups excluding tert-OH is 1. The van der Waals surface area contributed by atoms with Gasteiger partial charge in [0.2, 0.25) is 0 Å². The van der Waals surface area contributed by atoms with E-state index in [9.17, 15) is 0 Å². The Morgan fingerprint density at radius 3 is 2.17 bits per heavy atom. The van der Waals surface area contributed by atoms with Crippen molar-refractivity contribution in [3.8, 4) is 0 Å². The van der Waals surface area contributed by atoms with Gasteiger partial charge in [0.15, 0.2) is 0 Å². The Kier molecular flexibility index (Phi) is 4.79. The summed E-state index contributed by atoms with van der Waals surface area (Å²) in [4.78, 5) is 2.49. The monoisotopic (exact) mass is 247 g/mol. The third-order valence-corrected chi connectivity index (χ3v) is 4.25. The minimum Gasteiger partial charge on any atom is -0.392 e. The van der Waals surface area contributed by atoms with E-state index in [4.69, 9.17) is 5.11 Å². The van der Waals surface area contributed by atoms with Gasteiger partial charge < -0.3 is 5.11 Å². The van der Waals surface area contributed by atoms with Crippen LogP contribution in [0.25, 0.3) is 0 Å². The largest absolute Gasteiger partial charge is 0.392 e. The molecular formula is C16H25NO. The van der Waals surface area contributed by atoms with Gasteiger partial charge >= 0.3 is 0 Å². The lowest BCUT2D eigenvalue weighted by molar-refractivity contribution is 0.164. The van der Waals surface area contributed by atoms with Gasteiger partial charge in [-0.05, 0) is 49.8 Å². The van der Waals surface area contributed by atoms with Crippen LogP contribution in [0.2, 0.25) is 0 Å². The van der Waals surface area contributed by atoms with Gasteiger partial charge in [0.1, 0.15) is 0 Å². The average Bonchev–Trinajstić information content (AvgIpc) is 2.40. The number of benzene rings is 1. The maximum Gasteiger partial charge on any atom is 0.0681 e. The highest BCUT2D eigenvalue weighted by Crippen LogP contribution is 2.27. The lowest BCUT2D eigenvalue weighted by Crippen LogP contribution is -2.34. The summed E-state index contributed by atoms with van der Waals surface area (Å²) in [6.45, 7) is 3.52. The van der Waals surface area contributed by atoms with Crippen molar-refractivity contribution in [3.63, 3.8) is 0 Å². The predicted molar refractivity (Wildman–Crippen MR) is 75.3 cm³/mol. The Morgan fingerprint density at radius 2 is 1.61 bits per heavy atom. The lowest BCUT2D eigenvalue weighted by atomic mass is 9.86. The van der Waals surface area contributed by atoms with Crippen molar-refractivity contribution < 1.29 is 5.11 Å². The van der Waals surface area contributed by atoms with E-state index in [0.29, 0.717) is 0 Å². The molecule has 0 unspecified atom stereocenters. The van der Waals surface area contributed by atoms with Crippen LogP contribution >= 0.6 is 0 Å². The second kappa shape index (κ2) is 6.35. The summed E-state index contributed by atoms with van der Waals surface area (Å²) in [6.07, 6.45) is 5.43. The first kappa shape index (κ1) is 13.6. The van der Waals surface area contributed by atoms with Crippen LogP contribution in [-0.2, 0) is 13.2 Å². The molecular weight excluding hydrogens is 222 g/mol. The molecule has 0 spiro atoms. The second-order valence-electron chi connectivity index (χ2n) is 5.80. The molecule has 18 heavy (non-hydrogen) atoms. The van der Waals surface area contributed by atoms with Crippen LogP contribution in [0.15, 0.2) is 24.3 Å². The number of aliphatic hydroxyl groups is 1. The van der Waals surface area contributed by atoms with Crippen molar-refractivity contribution in [2.75, 3.05) is 7.05 Å². The van der Waals surface area contributed by atoms with Crippen molar-refractivity contribution in [1.29, 1.82) is 0 Å². The smallest absolute Gasteiger partial charge is 0.0681 e. The molecule has 1 saturated carbocycles. The Morgan fingerprint density at radius 1 is 1.06 bits per heavy atom. The molecule has 0 radical (unpaired) electrons. The van der Waals surface area contributed by atoms with Gasteiger partial charge in [0.25, 0.3) is 0 Å². The minimum absolute atomic E-state index is 0.136. The van der Waals surface area contributed by atoms with Crippen molar-refractivity contribution in [1.82, 2.24) is 4.90 Å². The molecule has 2 heteroatoms. The fourth-order valence-corrected chi connectivity index (χ4v) is 2.85. The van der Waals surface area contributed by atoms with Gasteiger partial charge in [-0.15, -0.1) is 0 Å². The van der Waals surface area contributed by atoms with Gasteiger partial charge in [-0.25, -0.2) is 0 Å². The van der Waals surface area contributed by atoms with Gasteiger partial charge in [-0.2, -0.15) is 0 Å². The van der Waals surface area contributed by atoms with Crippen molar-refractivity contribution in [2.24, 2.45) is 5.92 Å². The Bertz CT molecular complexity index is 352. The molecule has 2 rings (SSSR count). The van der Waals surface area contributed by atoms with E-state index < -0.39 is 0 Å². The van der Waals surface area contributed by atoms with Crippen LogP contribution in [0.4, 0.5) is 0 Å². The molecule has 0 aromatic heterocycles. The third kappa shape index (κ3) is 3.56. The number of hydrogen-bond donors (Lipinski definition) is 1. The summed E-state index contributed by atoms with van der Waals surface area (Å²) in [6, 6.07) is 9.05. The highest BCUT2D eigenvalue weighted by atomic mass is 16.3. The van der Waals surface area contributed by atoms with E-state index in [1.54, 1.807) is 0 Å². The summed E-state index contributed by atoms with van der Waals surface area (Å²) in [5.41, 5.74) is 2.33. The van der Waals surface area contributed by atoms with E-state index in [0.717, 1.165) is 24.1 Å². The highest BCUT2D eigenvalue weighted by molar-refractivity contribution is 5.21. The second-order valence-corrected chi connectivity index (χ2v) is 5.80. The summed E-state index contributed by atoms with van der Waals surface area (Å²) in [7, 11) is 2.24. The first-order valence-corrected chi connectivity index (χ1v) is 7.08. The molecule has 0 amide bonds. The Hall–Kier alpha value is -0.860. The highest BCUT2D eigenvalue weighted by Gasteiger charge is 2.21. The van der Waals surface area contributed by atoms with Gasteiger partial charge in [-0.1, -0.05) is 31.2 Å². The molecule has 2 nitrogen and oxygen atoms in total. The SMILES string of the molecule is CC1CCC(N(C)Cc2ccc(CO)cc2)CC1. The van der Waals surface area contributed by atoms with Gasteiger partial charge in [-0.3, -0.25) is 4.90 Å². The molecule has 100 valence electrons. The molecule has 0 bridgehead atoms. The number of rotatable bonds is 4. The zero-order chi connectivity index (χ0) is 13.0. The molecule has 1 aromatic carbocycles.